The predicted octanol–water partition coefficient (Wildman–Crippen LogP) is 4.96. The second-order valence-corrected chi connectivity index (χ2v) is 9.37. The smallest absolute Gasteiger partial charge is 0.222 e. The maximum Gasteiger partial charge on any atom is 0.222 e. The average Bonchev–Trinajstić information content (AvgIpc) is 3.18. The first-order chi connectivity index (χ1) is 14.1. The zero-order valence-electron chi connectivity index (χ0n) is 16.4. The molecule has 0 radical (unpaired) electrons. The van der Waals surface area contributed by atoms with Crippen LogP contribution >= 0.6 is 23.1 Å². The number of thiazole rings is 1. The fraction of sp³-hybridized carbons (Fsp3) is 0.364. The summed E-state index contributed by atoms with van der Waals surface area (Å²) in [5.74, 6) is 0.872. The molecule has 1 aliphatic rings. The molecule has 0 spiro atoms. The molecule has 0 aliphatic carbocycles. The number of piperazine rings is 1. The number of hydrogen-bond donors (Lipinski definition) is 0. The third kappa shape index (κ3) is 4.90. The van der Waals surface area contributed by atoms with Crippen LogP contribution in [0.2, 0.25) is 0 Å². The Balaban J connectivity index is 1.23. The fourth-order valence-electron chi connectivity index (χ4n) is 3.46. The van der Waals surface area contributed by atoms with Crippen LogP contribution in [0.1, 0.15) is 18.4 Å². The predicted molar refractivity (Wildman–Crippen MR) is 120 cm³/mol. The number of carbonyl (C=O) groups excluding carboxylic acids is 1. The van der Waals surface area contributed by atoms with Gasteiger partial charge in [-0.1, -0.05) is 23.5 Å². The molecule has 4 nitrogen and oxygen atoms in total. The van der Waals surface area contributed by atoms with E-state index in [4.69, 9.17) is 4.98 Å². The van der Waals surface area contributed by atoms with E-state index in [-0.39, 0.29) is 11.7 Å². The number of amides is 1. The SMILES string of the molecule is Cc1cccc2sc(N3CCN(C(=O)CCCSc4ccc(F)cc4)CC3)nc12. The molecular formula is C22H24FN3OS2. The largest absolute Gasteiger partial charge is 0.345 e. The maximum absolute atomic E-state index is 12.9. The molecule has 1 amide bonds. The molecule has 1 aromatic heterocycles. The number of hydrogen-bond acceptors (Lipinski definition) is 5. The third-order valence-corrected chi connectivity index (χ3v) is 7.31. The molecule has 2 heterocycles. The van der Waals surface area contributed by atoms with Gasteiger partial charge in [0.2, 0.25) is 5.91 Å². The normalized spacial score (nSPS) is 14.6. The summed E-state index contributed by atoms with van der Waals surface area (Å²) in [6.45, 7) is 5.25. The minimum atomic E-state index is -0.218. The van der Waals surface area contributed by atoms with E-state index in [1.165, 1.54) is 22.4 Å². The lowest BCUT2D eigenvalue weighted by Crippen LogP contribution is -2.48. The van der Waals surface area contributed by atoms with E-state index < -0.39 is 0 Å². The van der Waals surface area contributed by atoms with Gasteiger partial charge < -0.3 is 9.80 Å². The van der Waals surface area contributed by atoms with Crippen molar-refractivity contribution in [1.29, 1.82) is 0 Å². The standard InChI is InChI=1S/C22H24FN3OS2/c1-16-4-2-5-19-21(16)24-22(29-19)26-13-11-25(12-14-26)20(27)6-3-15-28-18-9-7-17(23)8-10-18/h2,4-5,7-10H,3,6,11-15H2,1H3. The number of halogens is 1. The molecule has 1 saturated heterocycles. The molecule has 152 valence electrons. The van der Waals surface area contributed by atoms with Gasteiger partial charge in [-0.05, 0) is 55.0 Å². The summed E-state index contributed by atoms with van der Waals surface area (Å²) < 4.78 is 14.1. The fourth-order valence-corrected chi connectivity index (χ4v) is 5.41. The van der Waals surface area contributed by atoms with Crippen molar-refractivity contribution in [1.82, 2.24) is 9.88 Å². The van der Waals surface area contributed by atoms with Crippen LogP contribution in [0.5, 0.6) is 0 Å². The highest BCUT2D eigenvalue weighted by atomic mass is 32.2. The third-order valence-electron chi connectivity index (χ3n) is 5.13. The Kier molecular flexibility index (Phi) is 6.35. The number of rotatable bonds is 6. The average molecular weight is 430 g/mol. The highest BCUT2D eigenvalue weighted by Crippen LogP contribution is 2.31. The zero-order chi connectivity index (χ0) is 20.2. The highest BCUT2D eigenvalue weighted by Gasteiger charge is 2.23. The molecule has 1 aliphatic heterocycles. The zero-order valence-corrected chi connectivity index (χ0v) is 18.1. The molecular weight excluding hydrogens is 405 g/mol. The van der Waals surface area contributed by atoms with E-state index in [0.717, 1.165) is 53.9 Å². The monoisotopic (exact) mass is 429 g/mol. The number of para-hydroxylation sites is 1. The molecule has 7 heteroatoms. The van der Waals surface area contributed by atoms with Crippen molar-refractivity contribution >= 4 is 44.4 Å². The summed E-state index contributed by atoms with van der Waals surface area (Å²) in [5.41, 5.74) is 2.29. The van der Waals surface area contributed by atoms with Crippen LogP contribution in [-0.4, -0.2) is 47.7 Å². The number of aromatic nitrogens is 1. The van der Waals surface area contributed by atoms with E-state index in [0.29, 0.717) is 6.42 Å². The van der Waals surface area contributed by atoms with Crippen molar-refractivity contribution in [2.45, 2.75) is 24.7 Å². The van der Waals surface area contributed by atoms with Crippen molar-refractivity contribution in [2.75, 3.05) is 36.8 Å². The number of carbonyl (C=O) groups is 1. The van der Waals surface area contributed by atoms with Crippen LogP contribution in [0.25, 0.3) is 10.2 Å². The van der Waals surface area contributed by atoms with E-state index in [2.05, 4.69) is 30.0 Å². The van der Waals surface area contributed by atoms with Gasteiger partial charge in [-0.15, -0.1) is 11.8 Å². The van der Waals surface area contributed by atoms with Gasteiger partial charge >= 0.3 is 0 Å². The van der Waals surface area contributed by atoms with Gasteiger partial charge in [-0.3, -0.25) is 4.79 Å². The summed E-state index contributed by atoms with van der Waals surface area (Å²) >= 11 is 3.39. The first kappa shape index (κ1) is 20.2. The van der Waals surface area contributed by atoms with Crippen molar-refractivity contribution in [2.24, 2.45) is 0 Å². The minimum Gasteiger partial charge on any atom is -0.345 e. The first-order valence-electron chi connectivity index (χ1n) is 9.87. The van der Waals surface area contributed by atoms with Crippen LogP contribution in [-0.2, 0) is 4.79 Å². The highest BCUT2D eigenvalue weighted by molar-refractivity contribution is 7.99. The summed E-state index contributed by atoms with van der Waals surface area (Å²) in [6, 6.07) is 12.8. The van der Waals surface area contributed by atoms with E-state index >= 15 is 0 Å². The van der Waals surface area contributed by atoms with Gasteiger partial charge in [-0.2, -0.15) is 0 Å². The number of benzene rings is 2. The van der Waals surface area contributed by atoms with E-state index in [1.54, 1.807) is 35.2 Å². The topological polar surface area (TPSA) is 36.4 Å². The summed E-state index contributed by atoms with van der Waals surface area (Å²) in [6.07, 6.45) is 1.40. The Morgan fingerprint density at radius 1 is 1.14 bits per heavy atom. The second-order valence-electron chi connectivity index (χ2n) is 7.19. The molecule has 3 aromatic rings. The molecule has 0 atom stereocenters. The Morgan fingerprint density at radius 2 is 1.90 bits per heavy atom. The van der Waals surface area contributed by atoms with Gasteiger partial charge in [0.25, 0.3) is 0 Å². The number of fused-ring (bicyclic) bond motifs is 1. The van der Waals surface area contributed by atoms with Gasteiger partial charge in [0.15, 0.2) is 5.13 Å². The first-order valence-corrected chi connectivity index (χ1v) is 11.7. The molecule has 4 rings (SSSR count). The number of aryl methyl sites for hydroxylation is 1. The van der Waals surface area contributed by atoms with Crippen molar-refractivity contribution in [3.05, 3.63) is 53.8 Å². The van der Waals surface area contributed by atoms with Crippen LogP contribution in [0.15, 0.2) is 47.4 Å². The molecule has 29 heavy (non-hydrogen) atoms. The minimum absolute atomic E-state index is 0.218. The molecule has 0 saturated carbocycles. The summed E-state index contributed by atoms with van der Waals surface area (Å²) in [4.78, 5) is 22.6. The number of anilines is 1. The van der Waals surface area contributed by atoms with Gasteiger partial charge in [0.05, 0.1) is 10.2 Å². The van der Waals surface area contributed by atoms with Crippen LogP contribution in [0.3, 0.4) is 0 Å². The van der Waals surface area contributed by atoms with E-state index in [9.17, 15) is 9.18 Å². The summed E-state index contributed by atoms with van der Waals surface area (Å²) in [7, 11) is 0. The van der Waals surface area contributed by atoms with Crippen LogP contribution in [0.4, 0.5) is 9.52 Å². The molecule has 0 N–H and O–H groups in total. The molecule has 2 aromatic carbocycles. The van der Waals surface area contributed by atoms with Crippen molar-refractivity contribution in [3.63, 3.8) is 0 Å². The maximum atomic E-state index is 12.9. The Labute approximate surface area is 178 Å². The Bertz CT molecular complexity index is 981. The lowest BCUT2D eigenvalue weighted by atomic mass is 10.2. The van der Waals surface area contributed by atoms with Crippen molar-refractivity contribution in [3.8, 4) is 0 Å². The molecule has 0 unspecified atom stereocenters. The summed E-state index contributed by atoms with van der Waals surface area (Å²) in [5, 5.41) is 1.05. The Morgan fingerprint density at radius 3 is 2.62 bits per heavy atom. The van der Waals surface area contributed by atoms with Crippen LogP contribution in [0, 0.1) is 12.7 Å². The quantitative estimate of drug-likeness (QED) is 0.410. The lowest BCUT2D eigenvalue weighted by Gasteiger charge is -2.34. The number of thioether (sulfide) groups is 1. The number of nitrogens with zero attached hydrogens (tertiary/aromatic N) is 3. The lowest BCUT2D eigenvalue weighted by molar-refractivity contribution is -0.131. The second kappa shape index (κ2) is 9.13. The van der Waals surface area contributed by atoms with Crippen LogP contribution < -0.4 is 4.90 Å². The Hall–Kier alpha value is -2.12. The molecule has 1 fully saturated rings. The van der Waals surface area contributed by atoms with Gasteiger partial charge in [0.1, 0.15) is 5.82 Å². The van der Waals surface area contributed by atoms with Crippen molar-refractivity contribution < 1.29 is 9.18 Å². The molecule has 0 bridgehead atoms. The van der Waals surface area contributed by atoms with Gasteiger partial charge in [-0.25, -0.2) is 9.37 Å². The van der Waals surface area contributed by atoms with E-state index in [1.807, 2.05) is 4.90 Å². The van der Waals surface area contributed by atoms with Gasteiger partial charge in [0, 0.05) is 37.5 Å².